The molecule has 0 saturated carbocycles. The molecule has 1 fully saturated rings. The van der Waals surface area contributed by atoms with Gasteiger partial charge in [0, 0.05) is 30.9 Å². The normalized spacial score (nSPS) is 23.3. The van der Waals surface area contributed by atoms with Gasteiger partial charge in [0.25, 0.3) is 0 Å². The van der Waals surface area contributed by atoms with E-state index in [1.807, 2.05) is 12.1 Å². The Balaban J connectivity index is 1.76. The molecule has 0 unspecified atom stereocenters. The summed E-state index contributed by atoms with van der Waals surface area (Å²) in [5.41, 5.74) is 0.829. The van der Waals surface area contributed by atoms with Crippen LogP contribution in [0.3, 0.4) is 0 Å². The third kappa shape index (κ3) is 4.69. The fourth-order valence-corrected chi connectivity index (χ4v) is 2.76. The van der Waals surface area contributed by atoms with Crippen LogP contribution in [0.25, 0.3) is 0 Å². The van der Waals surface area contributed by atoms with Crippen LogP contribution in [-0.4, -0.2) is 47.6 Å². The Morgan fingerprint density at radius 1 is 1.41 bits per heavy atom. The Hall–Kier alpha value is -1.63. The second-order valence-electron chi connectivity index (χ2n) is 5.66. The lowest BCUT2D eigenvalue weighted by molar-refractivity contribution is -0.188. The molecule has 1 amide bonds. The highest BCUT2D eigenvalue weighted by molar-refractivity contribution is 5.76. The summed E-state index contributed by atoms with van der Waals surface area (Å²) >= 11 is 0. The van der Waals surface area contributed by atoms with Gasteiger partial charge in [-0.2, -0.15) is 13.2 Å². The lowest BCUT2D eigenvalue weighted by Gasteiger charge is -2.38. The molecular weight excluding hydrogens is 295 g/mol. The summed E-state index contributed by atoms with van der Waals surface area (Å²) < 4.78 is 38.3. The number of likely N-dealkylation sites (tertiary alicyclic amines) is 1. The number of hydrogen-bond donors (Lipinski definition) is 1. The highest BCUT2D eigenvalue weighted by Gasteiger charge is 2.44. The predicted octanol–water partition coefficient (Wildman–Crippen LogP) is 2.16. The third-order valence-electron chi connectivity index (χ3n) is 3.91. The Morgan fingerprint density at radius 2 is 2.18 bits per heavy atom. The molecule has 0 bridgehead atoms. The summed E-state index contributed by atoms with van der Waals surface area (Å²) in [5.74, 6) is -0.144. The predicted molar refractivity (Wildman–Crippen MR) is 76.2 cm³/mol. The Bertz CT molecular complexity index is 493. The van der Waals surface area contributed by atoms with E-state index in [0.717, 1.165) is 5.69 Å². The highest BCUT2D eigenvalue weighted by Crippen LogP contribution is 2.30. The van der Waals surface area contributed by atoms with Crippen molar-refractivity contribution in [3.8, 4) is 0 Å². The van der Waals surface area contributed by atoms with Gasteiger partial charge in [-0.05, 0) is 38.4 Å². The van der Waals surface area contributed by atoms with Crippen molar-refractivity contribution in [3.63, 3.8) is 0 Å². The van der Waals surface area contributed by atoms with Crippen LogP contribution in [0.4, 0.5) is 13.2 Å². The van der Waals surface area contributed by atoms with Crippen molar-refractivity contribution in [3.05, 3.63) is 30.1 Å². The number of nitrogens with one attached hydrogen (secondary N) is 1. The SMILES string of the molecule is CN1C[C@@H](NC(=O)CCc2ccccn2)CC[C@@H]1C(F)(F)F. The summed E-state index contributed by atoms with van der Waals surface area (Å²) in [6, 6.07) is 3.87. The molecular formula is C15H20F3N3O. The van der Waals surface area contributed by atoms with Crippen LogP contribution in [0.1, 0.15) is 25.0 Å². The first kappa shape index (κ1) is 16.7. The first-order chi connectivity index (χ1) is 10.4. The monoisotopic (exact) mass is 315 g/mol. The first-order valence-electron chi connectivity index (χ1n) is 7.32. The van der Waals surface area contributed by atoms with Crippen LogP contribution in [0.2, 0.25) is 0 Å². The smallest absolute Gasteiger partial charge is 0.352 e. The summed E-state index contributed by atoms with van der Waals surface area (Å²) in [6.45, 7) is 0.222. The van der Waals surface area contributed by atoms with Gasteiger partial charge in [0.05, 0.1) is 0 Å². The van der Waals surface area contributed by atoms with E-state index >= 15 is 0 Å². The Labute approximate surface area is 127 Å². The van der Waals surface area contributed by atoms with Crippen molar-refractivity contribution in [1.29, 1.82) is 0 Å². The molecule has 1 aromatic heterocycles. The summed E-state index contributed by atoms with van der Waals surface area (Å²) in [6.07, 6.45) is -1.35. The van der Waals surface area contributed by atoms with Crippen LogP contribution in [-0.2, 0) is 11.2 Å². The number of likely N-dealkylation sites (N-methyl/N-ethyl adjacent to an activating group) is 1. The zero-order chi connectivity index (χ0) is 16.2. The molecule has 1 aliphatic heterocycles. The van der Waals surface area contributed by atoms with E-state index in [1.54, 1.807) is 12.3 Å². The van der Waals surface area contributed by atoms with Crippen molar-refractivity contribution < 1.29 is 18.0 Å². The number of alkyl halides is 3. The van der Waals surface area contributed by atoms with Gasteiger partial charge in [-0.1, -0.05) is 6.07 Å². The van der Waals surface area contributed by atoms with Crippen LogP contribution in [0.15, 0.2) is 24.4 Å². The molecule has 1 saturated heterocycles. The quantitative estimate of drug-likeness (QED) is 0.926. The standard InChI is InChI=1S/C15H20F3N3O/c1-21-10-12(5-7-13(21)15(16,17)18)20-14(22)8-6-11-4-2-3-9-19-11/h2-4,9,12-13H,5-8,10H2,1H3,(H,20,22)/t12-,13+/m0/s1. The fourth-order valence-electron chi connectivity index (χ4n) is 2.76. The van der Waals surface area contributed by atoms with Gasteiger partial charge < -0.3 is 5.32 Å². The van der Waals surface area contributed by atoms with Gasteiger partial charge in [-0.15, -0.1) is 0 Å². The molecule has 1 aromatic rings. The molecule has 1 N–H and O–H groups in total. The van der Waals surface area contributed by atoms with Gasteiger partial charge in [-0.25, -0.2) is 0 Å². The first-order valence-corrected chi connectivity index (χ1v) is 7.32. The lowest BCUT2D eigenvalue weighted by atomic mass is 9.98. The molecule has 22 heavy (non-hydrogen) atoms. The molecule has 4 nitrogen and oxygen atoms in total. The van der Waals surface area contributed by atoms with E-state index in [4.69, 9.17) is 0 Å². The number of pyridine rings is 1. The van der Waals surface area contributed by atoms with Crippen LogP contribution < -0.4 is 5.32 Å². The van der Waals surface area contributed by atoms with E-state index in [2.05, 4.69) is 10.3 Å². The van der Waals surface area contributed by atoms with E-state index in [0.29, 0.717) is 19.3 Å². The number of carbonyl (C=O) groups excluding carboxylic acids is 1. The van der Waals surface area contributed by atoms with Gasteiger partial charge in [-0.3, -0.25) is 14.7 Å². The molecule has 2 heterocycles. The molecule has 0 aromatic carbocycles. The molecule has 2 rings (SSSR count). The molecule has 1 aliphatic rings. The van der Waals surface area contributed by atoms with Gasteiger partial charge in [0.2, 0.25) is 5.91 Å². The van der Waals surface area contributed by atoms with E-state index in [1.165, 1.54) is 11.9 Å². The van der Waals surface area contributed by atoms with Crippen molar-refractivity contribution in [2.75, 3.05) is 13.6 Å². The third-order valence-corrected chi connectivity index (χ3v) is 3.91. The van der Waals surface area contributed by atoms with Gasteiger partial charge in [0.15, 0.2) is 0 Å². The van der Waals surface area contributed by atoms with Gasteiger partial charge in [0.1, 0.15) is 6.04 Å². The number of hydrogen-bond acceptors (Lipinski definition) is 3. The second-order valence-corrected chi connectivity index (χ2v) is 5.66. The fraction of sp³-hybridized carbons (Fsp3) is 0.600. The maximum atomic E-state index is 12.8. The number of nitrogens with zero attached hydrogens (tertiary/aromatic N) is 2. The zero-order valence-electron chi connectivity index (χ0n) is 12.4. The van der Waals surface area contributed by atoms with E-state index < -0.39 is 12.2 Å². The summed E-state index contributed by atoms with van der Waals surface area (Å²) in [7, 11) is 1.45. The average molecular weight is 315 g/mol. The minimum atomic E-state index is -4.21. The lowest BCUT2D eigenvalue weighted by Crippen LogP contribution is -2.54. The van der Waals surface area contributed by atoms with Crippen LogP contribution in [0, 0.1) is 0 Å². The van der Waals surface area contributed by atoms with E-state index in [9.17, 15) is 18.0 Å². The molecule has 0 spiro atoms. The molecule has 0 radical (unpaired) electrons. The molecule has 122 valence electrons. The average Bonchev–Trinajstić information content (AvgIpc) is 2.45. The van der Waals surface area contributed by atoms with Crippen LogP contribution in [0.5, 0.6) is 0 Å². The Kier molecular flexibility index (Phi) is 5.39. The van der Waals surface area contributed by atoms with Crippen molar-refractivity contribution in [2.24, 2.45) is 0 Å². The number of aryl methyl sites for hydroxylation is 1. The number of halogens is 3. The zero-order valence-corrected chi connectivity index (χ0v) is 12.4. The van der Waals surface area contributed by atoms with Crippen molar-refractivity contribution in [2.45, 2.75) is 43.9 Å². The molecule has 2 atom stereocenters. The number of rotatable bonds is 4. The Morgan fingerprint density at radius 3 is 2.77 bits per heavy atom. The van der Waals surface area contributed by atoms with E-state index in [-0.39, 0.29) is 24.9 Å². The second kappa shape index (κ2) is 7.09. The number of carbonyl (C=O) groups is 1. The highest BCUT2D eigenvalue weighted by atomic mass is 19.4. The summed E-state index contributed by atoms with van der Waals surface area (Å²) in [5, 5.41) is 2.82. The topological polar surface area (TPSA) is 45.2 Å². The molecule has 7 heteroatoms. The van der Waals surface area contributed by atoms with Gasteiger partial charge >= 0.3 is 6.18 Å². The summed E-state index contributed by atoms with van der Waals surface area (Å²) in [4.78, 5) is 17.3. The number of piperidine rings is 1. The maximum absolute atomic E-state index is 12.8. The number of aromatic nitrogens is 1. The van der Waals surface area contributed by atoms with Crippen molar-refractivity contribution >= 4 is 5.91 Å². The largest absolute Gasteiger partial charge is 0.404 e. The van der Waals surface area contributed by atoms with Crippen LogP contribution >= 0.6 is 0 Å². The minimum absolute atomic E-state index is 0.0190. The maximum Gasteiger partial charge on any atom is 0.404 e. The van der Waals surface area contributed by atoms with Crippen molar-refractivity contribution in [1.82, 2.24) is 15.2 Å². The number of amides is 1. The minimum Gasteiger partial charge on any atom is -0.352 e. The molecule has 0 aliphatic carbocycles.